The summed E-state index contributed by atoms with van der Waals surface area (Å²) in [5, 5.41) is 8.29. The maximum atomic E-state index is 12.1. The minimum absolute atomic E-state index is 0.249. The molecule has 28 heavy (non-hydrogen) atoms. The van der Waals surface area contributed by atoms with Crippen molar-refractivity contribution in [1.29, 1.82) is 0 Å². The molecule has 0 unspecified atom stereocenters. The van der Waals surface area contributed by atoms with Gasteiger partial charge < -0.3 is 4.42 Å². The van der Waals surface area contributed by atoms with Crippen LogP contribution in [0, 0.1) is 0 Å². The maximum Gasteiger partial charge on any atom is 0.242 e. The molecule has 2 aromatic carbocycles. The third kappa shape index (κ3) is 4.05. The molecule has 0 bridgehead atoms. The number of sulfonamides is 1. The van der Waals surface area contributed by atoms with Crippen molar-refractivity contribution >= 4 is 22.2 Å². The van der Waals surface area contributed by atoms with E-state index in [-0.39, 0.29) is 4.90 Å². The quantitative estimate of drug-likeness (QED) is 0.632. The molecule has 0 amide bonds. The summed E-state index contributed by atoms with van der Waals surface area (Å²) < 4.78 is 31.2. The topological polar surface area (TPSA) is 76.3 Å². The van der Waals surface area contributed by atoms with Crippen molar-refractivity contribution in [2.24, 2.45) is 0 Å². The van der Waals surface area contributed by atoms with Gasteiger partial charge in [-0.25, -0.2) is 12.7 Å². The molecule has 146 valence electrons. The van der Waals surface area contributed by atoms with Gasteiger partial charge in [0, 0.05) is 20.2 Å². The van der Waals surface area contributed by atoms with Crippen LogP contribution >= 0.6 is 0 Å². The lowest BCUT2D eigenvalue weighted by Gasteiger charge is -2.20. The average molecular weight is 398 g/mol. The lowest BCUT2D eigenvalue weighted by atomic mass is 9.85. The summed E-state index contributed by atoms with van der Waals surface area (Å²) in [4.78, 5) is 0.249. The van der Waals surface area contributed by atoms with Gasteiger partial charge in [-0.15, -0.1) is 10.2 Å². The summed E-state index contributed by atoms with van der Waals surface area (Å²) in [5.41, 5.74) is 1.52. The van der Waals surface area contributed by atoms with Gasteiger partial charge in [-0.1, -0.05) is 42.5 Å². The van der Waals surface area contributed by atoms with Gasteiger partial charge in [0.25, 0.3) is 0 Å². The van der Waals surface area contributed by atoms with Crippen molar-refractivity contribution in [3.63, 3.8) is 0 Å². The summed E-state index contributed by atoms with van der Waals surface area (Å²) in [5.74, 6) is 0.926. The van der Waals surface area contributed by atoms with Gasteiger partial charge in [0.2, 0.25) is 21.8 Å². The van der Waals surface area contributed by atoms with Crippen molar-refractivity contribution in [2.45, 2.75) is 24.2 Å². The van der Waals surface area contributed by atoms with Crippen LogP contribution in [0.5, 0.6) is 0 Å². The first kappa shape index (κ1) is 20.0. The van der Waals surface area contributed by atoms with Crippen LogP contribution in [-0.2, 0) is 15.4 Å². The number of aromatic nitrogens is 2. The Balaban J connectivity index is 1.78. The third-order valence-electron chi connectivity index (χ3n) is 4.55. The van der Waals surface area contributed by atoms with E-state index in [4.69, 9.17) is 4.42 Å². The van der Waals surface area contributed by atoms with E-state index in [1.165, 1.54) is 18.4 Å². The molecule has 0 aliphatic carbocycles. The first-order valence-corrected chi connectivity index (χ1v) is 10.3. The van der Waals surface area contributed by atoms with E-state index >= 15 is 0 Å². The number of hydrogen-bond donors (Lipinski definition) is 0. The monoisotopic (exact) mass is 397 g/mol. The van der Waals surface area contributed by atoms with Gasteiger partial charge in [-0.2, -0.15) is 0 Å². The maximum absolute atomic E-state index is 12.1. The molecule has 0 aliphatic heterocycles. The molecular weight excluding hydrogens is 374 g/mol. The Kier molecular flexibility index (Phi) is 5.49. The molecule has 3 aromatic rings. The van der Waals surface area contributed by atoms with E-state index in [9.17, 15) is 8.42 Å². The Labute approximate surface area is 165 Å². The van der Waals surface area contributed by atoms with Crippen molar-refractivity contribution in [3.8, 4) is 0 Å². The van der Waals surface area contributed by atoms with Crippen LogP contribution in [-0.4, -0.2) is 37.0 Å². The first-order valence-electron chi connectivity index (χ1n) is 8.81. The van der Waals surface area contributed by atoms with Crippen LogP contribution in [0.2, 0.25) is 0 Å². The van der Waals surface area contributed by atoms with Crippen molar-refractivity contribution < 1.29 is 12.8 Å². The number of nitrogens with zero attached hydrogens (tertiary/aromatic N) is 3. The number of benzene rings is 2. The largest absolute Gasteiger partial charge is 0.420 e. The van der Waals surface area contributed by atoms with Crippen molar-refractivity contribution in [1.82, 2.24) is 14.5 Å². The normalized spacial score (nSPS) is 12.8. The standard InChI is InChI=1S/C21H23N3O3S/c1-21(2,17-8-6-5-7-9-17)20-23-22-19(27-20)15-12-16-10-13-18(14-11-16)28(25,26)24(3)4/h5-15H,1-4H3/b15-12+. The molecular formula is C21H23N3O3S. The lowest BCUT2D eigenvalue weighted by molar-refractivity contribution is 0.408. The van der Waals surface area contributed by atoms with Gasteiger partial charge in [0.1, 0.15) is 0 Å². The SMILES string of the molecule is CN(C)S(=O)(=O)c1ccc(/C=C/c2nnc(C(C)(C)c3ccccc3)o2)cc1. The fourth-order valence-electron chi connectivity index (χ4n) is 2.66. The molecule has 1 aromatic heterocycles. The highest BCUT2D eigenvalue weighted by atomic mass is 32.2. The molecule has 0 radical (unpaired) electrons. The summed E-state index contributed by atoms with van der Waals surface area (Å²) in [7, 11) is -0.417. The third-order valence-corrected chi connectivity index (χ3v) is 6.38. The van der Waals surface area contributed by atoms with Gasteiger partial charge in [0.05, 0.1) is 10.3 Å². The Morgan fingerprint density at radius 2 is 1.57 bits per heavy atom. The first-order chi connectivity index (χ1) is 13.2. The predicted octanol–water partition coefficient (Wildman–Crippen LogP) is 3.82. The van der Waals surface area contributed by atoms with Gasteiger partial charge >= 0.3 is 0 Å². The van der Waals surface area contributed by atoms with E-state index in [1.54, 1.807) is 36.4 Å². The van der Waals surface area contributed by atoms with Crippen LogP contribution in [0.4, 0.5) is 0 Å². The molecule has 0 fully saturated rings. The van der Waals surface area contributed by atoms with E-state index in [2.05, 4.69) is 10.2 Å². The Morgan fingerprint density at radius 3 is 2.18 bits per heavy atom. The fraction of sp³-hybridized carbons (Fsp3) is 0.238. The summed E-state index contributed by atoms with van der Waals surface area (Å²) >= 11 is 0. The Bertz CT molecular complexity index is 1070. The summed E-state index contributed by atoms with van der Waals surface area (Å²) in [6.07, 6.45) is 3.52. The minimum Gasteiger partial charge on any atom is -0.420 e. The van der Waals surface area contributed by atoms with Gasteiger partial charge in [-0.05, 0) is 43.2 Å². The molecule has 0 aliphatic rings. The number of rotatable bonds is 6. The summed E-state index contributed by atoms with van der Waals surface area (Å²) in [6.45, 7) is 4.07. The van der Waals surface area contributed by atoms with Gasteiger partial charge in [-0.3, -0.25) is 0 Å². The summed E-state index contributed by atoms with van der Waals surface area (Å²) in [6, 6.07) is 16.6. The zero-order valence-electron chi connectivity index (χ0n) is 16.3. The second-order valence-electron chi connectivity index (χ2n) is 7.13. The van der Waals surface area contributed by atoms with Crippen LogP contribution in [0.25, 0.3) is 12.2 Å². The fourth-order valence-corrected chi connectivity index (χ4v) is 3.56. The van der Waals surface area contributed by atoms with Crippen LogP contribution < -0.4 is 0 Å². The highest BCUT2D eigenvalue weighted by molar-refractivity contribution is 7.89. The Morgan fingerprint density at radius 1 is 0.929 bits per heavy atom. The average Bonchev–Trinajstić information content (AvgIpc) is 3.17. The smallest absolute Gasteiger partial charge is 0.242 e. The van der Waals surface area contributed by atoms with E-state index in [1.807, 2.05) is 44.2 Å². The van der Waals surface area contributed by atoms with Crippen molar-refractivity contribution in [3.05, 3.63) is 77.5 Å². The van der Waals surface area contributed by atoms with Crippen LogP contribution in [0.3, 0.4) is 0 Å². The molecule has 0 atom stereocenters. The van der Waals surface area contributed by atoms with E-state index < -0.39 is 15.4 Å². The van der Waals surface area contributed by atoms with Crippen LogP contribution in [0.1, 0.15) is 36.8 Å². The molecule has 6 nitrogen and oxygen atoms in total. The molecule has 0 saturated carbocycles. The molecule has 0 saturated heterocycles. The molecule has 1 heterocycles. The second kappa shape index (κ2) is 7.69. The van der Waals surface area contributed by atoms with Crippen molar-refractivity contribution in [2.75, 3.05) is 14.1 Å². The molecule has 0 spiro atoms. The molecule has 0 N–H and O–H groups in total. The highest BCUT2D eigenvalue weighted by Crippen LogP contribution is 2.30. The second-order valence-corrected chi connectivity index (χ2v) is 9.28. The van der Waals surface area contributed by atoms with E-state index in [0.717, 1.165) is 11.1 Å². The molecule has 3 rings (SSSR count). The molecule has 7 heteroatoms. The zero-order chi connectivity index (χ0) is 20.4. The van der Waals surface area contributed by atoms with E-state index in [0.29, 0.717) is 11.8 Å². The highest BCUT2D eigenvalue weighted by Gasteiger charge is 2.29. The Hall–Kier alpha value is -2.77. The van der Waals surface area contributed by atoms with Crippen LogP contribution in [0.15, 0.2) is 63.9 Å². The lowest BCUT2D eigenvalue weighted by Crippen LogP contribution is -2.22. The zero-order valence-corrected chi connectivity index (χ0v) is 17.1. The minimum atomic E-state index is -3.43. The number of hydrogen-bond acceptors (Lipinski definition) is 5. The van der Waals surface area contributed by atoms with Gasteiger partial charge in [0.15, 0.2) is 0 Å². The predicted molar refractivity (Wildman–Crippen MR) is 109 cm³/mol.